The van der Waals surface area contributed by atoms with Crippen LogP contribution in [0.4, 0.5) is 19.0 Å². The SMILES string of the molecule is [C-]#[N+]c1cc(-n2cc3c(n2)CCCC3NC(=O)c2cc(C(F)(F)F)nn2C)ccn1. The molecule has 1 aliphatic rings. The number of amides is 1. The molecule has 0 saturated carbocycles. The van der Waals surface area contributed by atoms with Crippen LogP contribution < -0.4 is 5.32 Å². The summed E-state index contributed by atoms with van der Waals surface area (Å²) < 4.78 is 41.2. The molecule has 3 heterocycles. The number of hydrogen-bond acceptors (Lipinski definition) is 4. The summed E-state index contributed by atoms with van der Waals surface area (Å²) in [6.45, 7) is 7.09. The molecule has 4 rings (SSSR count). The Labute approximate surface area is 169 Å². The molecule has 0 bridgehead atoms. The van der Waals surface area contributed by atoms with Gasteiger partial charge >= 0.3 is 6.18 Å². The zero-order valence-corrected chi connectivity index (χ0v) is 15.8. The highest BCUT2D eigenvalue weighted by Gasteiger charge is 2.36. The van der Waals surface area contributed by atoms with Gasteiger partial charge in [-0.2, -0.15) is 23.4 Å². The molecule has 8 nitrogen and oxygen atoms in total. The fourth-order valence-corrected chi connectivity index (χ4v) is 3.48. The van der Waals surface area contributed by atoms with Gasteiger partial charge in [0.05, 0.1) is 17.4 Å². The number of carbonyl (C=O) groups excluding carboxylic acids is 1. The molecule has 154 valence electrons. The first-order chi connectivity index (χ1) is 14.3. The molecule has 30 heavy (non-hydrogen) atoms. The Hall–Kier alpha value is -3.68. The molecular weight excluding hydrogens is 399 g/mol. The van der Waals surface area contributed by atoms with Crippen LogP contribution in [0.2, 0.25) is 0 Å². The van der Waals surface area contributed by atoms with Crippen LogP contribution in [0.3, 0.4) is 0 Å². The maximum atomic E-state index is 12.9. The van der Waals surface area contributed by atoms with Crippen LogP contribution in [0.5, 0.6) is 0 Å². The zero-order chi connectivity index (χ0) is 21.5. The summed E-state index contributed by atoms with van der Waals surface area (Å²) in [4.78, 5) is 19.9. The first-order valence-electron chi connectivity index (χ1n) is 9.10. The number of aromatic nitrogens is 5. The number of carbonyl (C=O) groups is 1. The fraction of sp³-hybridized carbons (Fsp3) is 0.316. The van der Waals surface area contributed by atoms with Crippen molar-refractivity contribution in [3.8, 4) is 5.69 Å². The van der Waals surface area contributed by atoms with Crippen LogP contribution in [-0.2, 0) is 19.6 Å². The van der Waals surface area contributed by atoms with Crippen LogP contribution in [0.15, 0.2) is 30.6 Å². The van der Waals surface area contributed by atoms with Crippen molar-refractivity contribution in [2.75, 3.05) is 0 Å². The highest BCUT2D eigenvalue weighted by Crippen LogP contribution is 2.31. The standard InChI is InChI=1S/C19H16F3N7O/c1-23-17-8-11(6-7-24-17)29-10-12-13(4-3-5-14(12)26-29)25-18(30)15-9-16(19(20,21)22)27-28(15)2/h6-10,13H,3-5H2,2H3,(H,25,30). The van der Waals surface area contributed by atoms with Crippen molar-refractivity contribution in [1.82, 2.24) is 29.9 Å². The topological polar surface area (TPSA) is 82.0 Å². The third kappa shape index (κ3) is 3.63. The van der Waals surface area contributed by atoms with E-state index in [0.29, 0.717) is 12.1 Å². The molecule has 0 fully saturated rings. The summed E-state index contributed by atoms with van der Waals surface area (Å²) in [5.74, 6) is -0.396. The van der Waals surface area contributed by atoms with Gasteiger partial charge in [0.15, 0.2) is 5.69 Å². The van der Waals surface area contributed by atoms with Gasteiger partial charge < -0.3 is 10.2 Å². The van der Waals surface area contributed by atoms with E-state index in [0.717, 1.165) is 34.8 Å². The van der Waals surface area contributed by atoms with Crippen LogP contribution in [0.1, 0.15) is 46.3 Å². The van der Waals surface area contributed by atoms with Gasteiger partial charge in [-0.25, -0.2) is 4.68 Å². The van der Waals surface area contributed by atoms with Crippen LogP contribution in [0, 0.1) is 6.57 Å². The minimum absolute atomic E-state index is 0.169. The summed E-state index contributed by atoms with van der Waals surface area (Å²) in [5, 5.41) is 10.7. The molecule has 0 spiro atoms. The maximum Gasteiger partial charge on any atom is 0.435 e. The number of pyridine rings is 1. The van der Waals surface area contributed by atoms with Crippen LogP contribution in [0.25, 0.3) is 10.5 Å². The highest BCUT2D eigenvalue weighted by atomic mass is 19.4. The fourth-order valence-electron chi connectivity index (χ4n) is 3.48. The Morgan fingerprint density at radius 3 is 2.83 bits per heavy atom. The van der Waals surface area contributed by atoms with Gasteiger partial charge in [0, 0.05) is 30.9 Å². The van der Waals surface area contributed by atoms with Gasteiger partial charge in [0.2, 0.25) is 0 Å². The summed E-state index contributed by atoms with van der Waals surface area (Å²) in [5.41, 5.74) is 0.984. The van der Waals surface area contributed by atoms with Gasteiger partial charge in [-0.05, 0) is 25.3 Å². The van der Waals surface area contributed by atoms with E-state index in [2.05, 4.69) is 25.3 Å². The lowest BCUT2D eigenvalue weighted by molar-refractivity contribution is -0.141. The Balaban J connectivity index is 1.59. The Morgan fingerprint density at radius 1 is 1.33 bits per heavy atom. The number of rotatable bonds is 3. The molecule has 1 amide bonds. The smallest absolute Gasteiger partial charge is 0.361 e. The summed E-state index contributed by atoms with van der Waals surface area (Å²) in [6.07, 6.45) is 0.801. The van der Waals surface area contributed by atoms with E-state index < -0.39 is 17.8 Å². The number of hydrogen-bond donors (Lipinski definition) is 1. The van der Waals surface area contributed by atoms with Crippen molar-refractivity contribution in [2.45, 2.75) is 31.5 Å². The lowest BCUT2D eigenvalue weighted by atomic mass is 9.93. The molecule has 1 N–H and O–H groups in total. The van der Waals surface area contributed by atoms with Crippen molar-refractivity contribution in [3.63, 3.8) is 0 Å². The lowest BCUT2D eigenvalue weighted by Gasteiger charge is -2.22. The zero-order valence-electron chi connectivity index (χ0n) is 15.8. The molecule has 0 aromatic carbocycles. The molecule has 0 saturated heterocycles. The summed E-state index contributed by atoms with van der Waals surface area (Å²) in [6, 6.07) is 3.68. The maximum absolute atomic E-state index is 12.9. The number of halogens is 3. The van der Waals surface area contributed by atoms with Gasteiger partial charge in [0.1, 0.15) is 11.9 Å². The van der Waals surface area contributed by atoms with E-state index in [1.165, 1.54) is 13.2 Å². The van der Waals surface area contributed by atoms with E-state index in [-0.39, 0.29) is 17.6 Å². The monoisotopic (exact) mass is 415 g/mol. The Bertz CT molecular complexity index is 1160. The van der Waals surface area contributed by atoms with Crippen LogP contribution >= 0.6 is 0 Å². The van der Waals surface area contributed by atoms with E-state index in [1.54, 1.807) is 23.0 Å². The largest absolute Gasteiger partial charge is 0.435 e. The third-order valence-corrected chi connectivity index (χ3v) is 4.92. The van der Waals surface area contributed by atoms with Gasteiger partial charge in [-0.3, -0.25) is 9.48 Å². The minimum atomic E-state index is -4.62. The number of fused-ring (bicyclic) bond motifs is 1. The molecule has 1 atom stereocenters. The van der Waals surface area contributed by atoms with E-state index in [4.69, 9.17) is 6.57 Å². The van der Waals surface area contributed by atoms with Crippen molar-refractivity contribution in [3.05, 3.63) is 64.7 Å². The average Bonchev–Trinajstić information content (AvgIpc) is 3.32. The first-order valence-corrected chi connectivity index (χ1v) is 9.10. The molecule has 0 radical (unpaired) electrons. The summed E-state index contributed by atoms with van der Waals surface area (Å²) in [7, 11) is 1.30. The minimum Gasteiger partial charge on any atom is -0.361 e. The van der Waals surface area contributed by atoms with Gasteiger partial charge in [-0.15, -0.1) is 4.98 Å². The first kappa shape index (κ1) is 19.6. The second kappa shape index (κ2) is 7.29. The van der Waals surface area contributed by atoms with Crippen molar-refractivity contribution in [1.29, 1.82) is 0 Å². The number of alkyl halides is 3. The molecule has 3 aromatic rings. The molecule has 1 aliphatic carbocycles. The Morgan fingerprint density at radius 2 is 2.13 bits per heavy atom. The lowest BCUT2D eigenvalue weighted by Crippen LogP contribution is -2.31. The predicted octanol–water partition coefficient (Wildman–Crippen LogP) is 3.38. The quantitative estimate of drug-likeness (QED) is 0.665. The van der Waals surface area contributed by atoms with Gasteiger partial charge in [0.25, 0.3) is 11.7 Å². The second-order valence-corrected chi connectivity index (χ2v) is 6.91. The van der Waals surface area contributed by atoms with Crippen LogP contribution in [-0.4, -0.2) is 30.5 Å². The summed E-state index contributed by atoms with van der Waals surface area (Å²) >= 11 is 0. The number of aryl methyl sites for hydroxylation is 2. The number of nitrogens with zero attached hydrogens (tertiary/aromatic N) is 6. The van der Waals surface area contributed by atoms with Crippen molar-refractivity contribution in [2.24, 2.45) is 7.05 Å². The second-order valence-electron chi connectivity index (χ2n) is 6.91. The third-order valence-electron chi connectivity index (χ3n) is 4.92. The molecule has 0 aliphatic heterocycles. The molecule has 1 unspecified atom stereocenters. The predicted molar refractivity (Wildman–Crippen MR) is 99.0 cm³/mol. The van der Waals surface area contributed by atoms with Gasteiger partial charge in [-0.1, -0.05) is 6.57 Å². The van der Waals surface area contributed by atoms with E-state index >= 15 is 0 Å². The number of nitrogens with one attached hydrogen (secondary N) is 1. The van der Waals surface area contributed by atoms with Crippen molar-refractivity contribution < 1.29 is 18.0 Å². The highest BCUT2D eigenvalue weighted by molar-refractivity contribution is 5.93. The molecular formula is C19H16F3N7O. The average molecular weight is 415 g/mol. The molecule has 3 aromatic heterocycles. The molecule has 11 heteroatoms. The van der Waals surface area contributed by atoms with E-state index in [9.17, 15) is 18.0 Å². The van der Waals surface area contributed by atoms with E-state index in [1.807, 2.05) is 0 Å². The Kier molecular flexibility index (Phi) is 4.77. The van der Waals surface area contributed by atoms with Crippen molar-refractivity contribution >= 4 is 11.7 Å². The normalized spacial score (nSPS) is 16.0.